The number of ether oxygens (including phenoxy) is 2. The molecular formula is C20H22N4O2. The van der Waals surface area contributed by atoms with Crippen molar-refractivity contribution in [3.05, 3.63) is 59.9 Å². The first-order chi connectivity index (χ1) is 12.6. The highest BCUT2D eigenvalue weighted by Gasteiger charge is 2.08. The van der Waals surface area contributed by atoms with Crippen LogP contribution < -0.4 is 20.1 Å². The minimum atomic E-state index is 0.652. The fraction of sp³-hybridized carbons (Fsp3) is 0.200. The molecule has 0 aliphatic carbocycles. The van der Waals surface area contributed by atoms with E-state index >= 15 is 0 Å². The lowest BCUT2D eigenvalue weighted by atomic mass is 10.1. The van der Waals surface area contributed by atoms with E-state index in [0.29, 0.717) is 17.4 Å². The van der Waals surface area contributed by atoms with Crippen LogP contribution in [0.15, 0.2) is 48.8 Å². The SMILES string of the molecule is COc1ccc(OC)c(Nc2cc(Nc3cc(C)ccc3C)ncn2)c1. The molecule has 6 nitrogen and oxygen atoms in total. The molecule has 0 saturated heterocycles. The fourth-order valence-electron chi connectivity index (χ4n) is 2.55. The number of aryl methyl sites for hydroxylation is 2. The van der Waals surface area contributed by atoms with Crippen molar-refractivity contribution in [2.24, 2.45) is 0 Å². The van der Waals surface area contributed by atoms with Crippen LogP contribution >= 0.6 is 0 Å². The van der Waals surface area contributed by atoms with Crippen LogP contribution in [-0.4, -0.2) is 24.2 Å². The van der Waals surface area contributed by atoms with E-state index in [-0.39, 0.29) is 0 Å². The summed E-state index contributed by atoms with van der Waals surface area (Å²) in [6.07, 6.45) is 1.52. The highest BCUT2D eigenvalue weighted by atomic mass is 16.5. The zero-order valence-electron chi connectivity index (χ0n) is 15.3. The van der Waals surface area contributed by atoms with Gasteiger partial charge in [0.05, 0.1) is 19.9 Å². The Kier molecular flexibility index (Phi) is 5.22. The van der Waals surface area contributed by atoms with Crippen LogP contribution in [0.4, 0.5) is 23.0 Å². The van der Waals surface area contributed by atoms with Crippen molar-refractivity contribution < 1.29 is 9.47 Å². The lowest BCUT2D eigenvalue weighted by molar-refractivity contribution is 0.405. The smallest absolute Gasteiger partial charge is 0.142 e. The molecule has 0 unspecified atom stereocenters. The van der Waals surface area contributed by atoms with Gasteiger partial charge in [-0.25, -0.2) is 9.97 Å². The van der Waals surface area contributed by atoms with Crippen LogP contribution in [0.5, 0.6) is 11.5 Å². The Morgan fingerprint density at radius 1 is 0.769 bits per heavy atom. The molecule has 6 heteroatoms. The van der Waals surface area contributed by atoms with Crippen molar-refractivity contribution in [3.8, 4) is 11.5 Å². The van der Waals surface area contributed by atoms with E-state index in [1.807, 2.05) is 24.3 Å². The second kappa shape index (κ2) is 7.74. The van der Waals surface area contributed by atoms with Crippen LogP contribution in [0.1, 0.15) is 11.1 Å². The van der Waals surface area contributed by atoms with Crippen LogP contribution in [0.25, 0.3) is 0 Å². The number of anilines is 4. The molecule has 0 fully saturated rings. The molecule has 1 heterocycles. The van der Waals surface area contributed by atoms with Crippen molar-refractivity contribution in [1.82, 2.24) is 9.97 Å². The highest BCUT2D eigenvalue weighted by molar-refractivity contribution is 5.69. The minimum absolute atomic E-state index is 0.652. The van der Waals surface area contributed by atoms with Crippen LogP contribution in [-0.2, 0) is 0 Å². The van der Waals surface area contributed by atoms with Gasteiger partial charge in [0, 0.05) is 17.8 Å². The van der Waals surface area contributed by atoms with Gasteiger partial charge in [0.15, 0.2) is 0 Å². The third kappa shape index (κ3) is 4.03. The molecule has 2 N–H and O–H groups in total. The standard InChI is InChI=1S/C20H22N4O2/c1-13-5-6-14(2)16(9-13)23-19-11-20(22-12-21-19)24-17-10-15(25-3)7-8-18(17)26-4/h5-12H,1-4H3,(H2,21,22,23,24). The molecule has 26 heavy (non-hydrogen) atoms. The maximum absolute atomic E-state index is 5.39. The first-order valence-electron chi connectivity index (χ1n) is 8.24. The van der Waals surface area contributed by atoms with E-state index in [1.165, 1.54) is 11.9 Å². The van der Waals surface area contributed by atoms with Crippen molar-refractivity contribution in [2.45, 2.75) is 13.8 Å². The number of aromatic nitrogens is 2. The Balaban J connectivity index is 1.85. The normalized spacial score (nSPS) is 10.3. The number of nitrogens with one attached hydrogen (secondary N) is 2. The summed E-state index contributed by atoms with van der Waals surface area (Å²) in [5.41, 5.74) is 4.13. The Hall–Kier alpha value is -3.28. The van der Waals surface area contributed by atoms with Crippen molar-refractivity contribution >= 4 is 23.0 Å². The summed E-state index contributed by atoms with van der Waals surface area (Å²) < 4.78 is 10.7. The van der Waals surface area contributed by atoms with Gasteiger partial charge < -0.3 is 20.1 Å². The van der Waals surface area contributed by atoms with Crippen LogP contribution in [0, 0.1) is 13.8 Å². The summed E-state index contributed by atoms with van der Waals surface area (Å²) in [7, 11) is 3.25. The number of nitrogens with zero attached hydrogens (tertiary/aromatic N) is 2. The zero-order chi connectivity index (χ0) is 18.5. The summed E-state index contributed by atoms with van der Waals surface area (Å²) in [5.74, 6) is 2.79. The third-order valence-corrected chi connectivity index (χ3v) is 3.99. The van der Waals surface area contributed by atoms with Crippen molar-refractivity contribution in [3.63, 3.8) is 0 Å². The van der Waals surface area contributed by atoms with Gasteiger partial charge in [0.1, 0.15) is 29.5 Å². The summed E-state index contributed by atoms with van der Waals surface area (Å²) in [6.45, 7) is 4.12. The Bertz CT molecular complexity index is 912. The maximum atomic E-state index is 5.39. The zero-order valence-corrected chi connectivity index (χ0v) is 15.3. The summed E-state index contributed by atoms with van der Waals surface area (Å²) >= 11 is 0. The van der Waals surface area contributed by atoms with Gasteiger partial charge in [0.2, 0.25) is 0 Å². The predicted molar refractivity (Wildman–Crippen MR) is 104 cm³/mol. The van der Waals surface area contributed by atoms with E-state index in [4.69, 9.17) is 9.47 Å². The largest absolute Gasteiger partial charge is 0.497 e. The monoisotopic (exact) mass is 350 g/mol. The molecule has 2 aromatic carbocycles. The molecule has 0 aliphatic heterocycles. The molecule has 0 radical (unpaired) electrons. The minimum Gasteiger partial charge on any atom is -0.497 e. The van der Waals surface area contributed by atoms with Crippen molar-refractivity contribution in [1.29, 1.82) is 0 Å². The molecule has 1 aromatic heterocycles. The molecule has 0 spiro atoms. The summed E-state index contributed by atoms with van der Waals surface area (Å²) in [5, 5.41) is 6.60. The Labute approximate surface area is 153 Å². The Morgan fingerprint density at radius 2 is 1.50 bits per heavy atom. The van der Waals surface area contributed by atoms with Gasteiger partial charge in [-0.05, 0) is 43.2 Å². The molecule has 0 atom stereocenters. The maximum Gasteiger partial charge on any atom is 0.142 e. The summed E-state index contributed by atoms with van der Waals surface area (Å²) in [6, 6.07) is 13.7. The Morgan fingerprint density at radius 3 is 2.19 bits per heavy atom. The number of hydrogen-bond acceptors (Lipinski definition) is 6. The number of rotatable bonds is 6. The number of benzene rings is 2. The van der Waals surface area contributed by atoms with E-state index in [1.54, 1.807) is 14.2 Å². The first-order valence-corrected chi connectivity index (χ1v) is 8.24. The average Bonchev–Trinajstić information content (AvgIpc) is 2.65. The van der Waals surface area contributed by atoms with Gasteiger partial charge in [0.25, 0.3) is 0 Å². The van der Waals surface area contributed by atoms with Gasteiger partial charge in [-0.3, -0.25) is 0 Å². The number of hydrogen-bond donors (Lipinski definition) is 2. The molecule has 3 aromatic rings. The summed E-state index contributed by atoms with van der Waals surface area (Å²) in [4.78, 5) is 8.59. The van der Waals surface area contributed by atoms with E-state index in [0.717, 1.165) is 22.7 Å². The van der Waals surface area contributed by atoms with Gasteiger partial charge >= 0.3 is 0 Å². The molecule has 134 valence electrons. The lowest BCUT2D eigenvalue weighted by Crippen LogP contribution is -2.01. The lowest BCUT2D eigenvalue weighted by Gasteiger charge is -2.13. The van der Waals surface area contributed by atoms with Crippen LogP contribution in [0.2, 0.25) is 0 Å². The van der Waals surface area contributed by atoms with Gasteiger partial charge in [-0.1, -0.05) is 12.1 Å². The molecule has 0 amide bonds. The predicted octanol–water partition coefficient (Wildman–Crippen LogP) is 4.60. The molecule has 0 saturated carbocycles. The second-order valence-corrected chi connectivity index (χ2v) is 5.92. The molecule has 3 rings (SSSR count). The topological polar surface area (TPSA) is 68.3 Å². The third-order valence-electron chi connectivity index (χ3n) is 3.99. The van der Waals surface area contributed by atoms with Crippen LogP contribution in [0.3, 0.4) is 0 Å². The molecular weight excluding hydrogens is 328 g/mol. The fourth-order valence-corrected chi connectivity index (χ4v) is 2.55. The van der Waals surface area contributed by atoms with E-state index in [9.17, 15) is 0 Å². The molecule has 0 aliphatic rings. The average molecular weight is 350 g/mol. The second-order valence-electron chi connectivity index (χ2n) is 5.92. The quantitative estimate of drug-likeness (QED) is 0.677. The van der Waals surface area contributed by atoms with E-state index < -0.39 is 0 Å². The van der Waals surface area contributed by atoms with Gasteiger partial charge in [-0.2, -0.15) is 0 Å². The van der Waals surface area contributed by atoms with E-state index in [2.05, 4.69) is 52.6 Å². The van der Waals surface area contributed by atoms with Gasteiger partial charge in [-0.15, -0.1) is 0 Å². The highest BCUT2D eigenvalue weighted by Crippen LogP contribution is 2.31. The molecule has 0 bridgehead atoms. The van der Waals surface area contributed by atoms with Crippen molar-refractivity contribution in [2.75, 3.05) is 24.9 Å². The first kappa shape index (κ1) is 17.5. The number of methoxy groups -OCH3 is 2.